The van der Waals surface area contributed by atoms with E-state index in [1.54, 1.807) is 29.2 Å². The van der Waals surface area contributed by atoms with Gasteiger partial charge in [0, 0.05) is 5.56 Å². The fourth-order valence-electron chi connectivity index (χ4n) is 4.08. The highest BCUT2D eigenvalue weighted by Crippen LogP contribution is 2.48. The van der Waals surface area contributed by atoms with Gasteiger partial charge in [-0.3, -0.25) is 9.59 Å². The van der Waals surface area contributed by atoms with Crippen LogP contribution in [-0.4, -0.2) is 16.8 Å². The molecule has 1 amide bonds. The van der Waals surface area contributed by atoms with Crippen molar-refractivity contribution < 1.29 is 14.7 Å². The summed E-state index contributed by atoms with van der Waals surface area (Å²) >= 11 is 0. The van der Waals surface area contributed by atoms with Gasteiger partial charge in [0.05, 0.1) is 18.2 Å². The van der Waals surface area contributed by atoms with Crippen molar-refractivity contribution in [3.05, 3.63) is 102 Å². The Morgan fingerprint density at radius 3 is 2.14 bits per heavy atom. The van der Waals surface area contributed by atoms with Crippen molar-refractivity contribution >= 4 is 17.4 Å². The van der Waals surface area contributed by atoms with E-state index in [1.165, 1.54) is 6.92 Å². The van der Waals surface area contributed by atoms with E-state index in [1.807, 2.05) is 60.7 Å². The average Bonchev–Trinajstić information content (AvgIpc) is 2.92. The van der Waals surface area contributed by atoms with Crippen LogP contribution in [0.3, 0.4) is 0 Å². The lowest BCUT2D eigenvalue weighted by atomic mass is 9.76. The summed E-state index contributed by atoms with van der Waals surface area (Å²) in [5, 5.41) is 11.7. The van der Waals surface area contributed by atoms with E-state index in [0.29, 0.717) is 23.4 Å². The number of amides is 1. The minimum atomic E-state index is -1.93. The normalized spacial score (nSPS) is 19.4. The molecule has 0 aromatic heterocycles. The molecule has 2 atom stereocenters. The Kier molecular flexibility index (Phi) is 4.57. The molecule has 4 rings (SSSR count). The number of aliphatic hydroxyl groups is 1. The van der Waals surface area contributed by atoms with Crippen LogP contribution in [0.4, 0.5) is 5.69 Å². The standard InChI is InChI=1S/C24H21NO3/c1-17(26)22(19-12-6-3-7-13-19)24(28)20-14-8-9-15-21(20)25(23(24)27)16-18-10-4-2-5-11-18/h2-15,22,28H,16H2,1H3/t22-,24-/m1/s1. The molecular weight excluding hydrogens is 350 g/mol. The SMILES string of the molecule is CC(=O)[C@H](c1ccccc1)[C@@]1(O)C(=O)N(Cc2ccccc2)c2ccccc21. The summed E-state index contributed by atoms with van der Waals surface area (Å²) in [5.41, 5.74) is 0.760. The van der Waals surface area contributed by atoms with Crippen LogP contribution in [0, 0.1) is 0 Å². The van der Waals surface area contributed by atoms with Crippen LogP contribution < -0.4 is 4.90 Å². The summed E-state index contributed by atoms with van der Waals surface area (Å²) in [6.07, 6.45) is 0. The van der Waals surface area contributed by atoms with Crippen molar-refractivity contribution in [2.24, 2.45) is 0 Å². The number of rotatable bonds is 5. The van der Waals surface area contributed by atoms with Crippen molar-refractivity contribution in [1.29, 1.82) is 0 Å². The van der Waals surface area contributed by atoms with Crippen molar-refractivity contribution in [2.75, 3.05) is 4.90 Å². The van der Waals surface area contributed by atoms with Gasteiger partial charge in [0.25, 0.3) is 5.91 Å². The minimum Gasteiger partial charge on any atom is -0.374 e. The molecule has 4 nitrogen and oxygen atoms in total. The summed E-state index contributed by atoms with van der Waals surface area (Å²) in [5.74, 6) is -1.69. The molecule has 3 aromatic carbocycles. The zero-order valence-electron chi connectivity index (χ0n) is 15.6. The van der Waals surface area contributed by atoms with Crippen LogP contribution in [0.5, 0.6) is 0 Å². The second kappa shape index (κ2) is 7.06. The molecule has 28 heavy (non-hydrogen) atoms. The molecule has 0 bridgehead atoms. The molecular formula is C24H21NO3. The maximum atomic E-state index is 13.5. The van der Waals surface area contributed by atoms with Gasteiger partial charge in [0.2, 0.25) is 0 Å². The largest absolute Gasteiger partial charge is 0.374 e. The van der Waals surface area contributed by atoms with Crippen molar-refractivity contribution in [3.63, 3.8) is 0 Å². The lowest BCUT2D eigenvalue weighted by molar-refractivity contribution is -0.144. The monoisotopic (exact) mass is 371 g/mol. The quantitative estimate of drug-likeness (QED) is 0.742. The first-order chi connectivity index (χ1) is 13.5. The summed E-state index contributed by atoms with van der Waals surface area (Å²) in [6, 6.07) is 25.8. The first kappa shape index (κ1) is 18.1. The van der Waals surface area contributed by atoms with E-state index >= 15 is 0 Å². The lowest BCUT2D eigenvalue weighted by Gasteiger charge is -2.30. The molecule has 1 N–H and O–H groups in total. The number of ketones is 1. The number of benzene rings is 3. The van der Waals surface area contributed by atoms with E-state index in [0.717, 1.165) is 5.56 Å². The minimum absolute atomic E-state index is 0.251. The Morgan fingerprint density at radius 2 is 1.50 bits per heavy atom. The van der Waals surface area contributed by atoms with Gasteiger partial charge in [0.15, 0.2) is 5.60 Å². The van der Waals surface area contributed by atoms with Crippen LogP contribution in [0.25, 0.3) is 0 Å². The number of hydrogen-bond acceptors (Lipinski definition) is 3. The third-order valence-electron chi connectivity index (χ3n) is 5.32. The van der Waals surface area contributed by atoms with Crippen molar-refractivity contribution in [3.8, 4) is 0 Å². The number of hydrogen-bond donors (Lipinski definition) is 1. The molecule has 0 radical (unpaired) electrons. The van der Waals surface area contributed by atoms with Gasteiger partial charge in [-0.15, -0.1) is 0 Å². The Bertz CT molecular complexity index is 1020. The average molecular weight is 371 g/mol. The summed E-state index contributed by atoms with van der Waals surface area (Å²) in [4.78, 5) is 27.7. The summed E-state index contributed by atoms with van der Waals surface area (Å²) in [7, 11) is 0. The molecule has 4 heteroatoms. The van der Waals surface area contributed by atoms with E-state index in [9.17, 15) is 14.7 Å². The van der Waals surface area contributed by atoms with Gasteiger partial charge < -0.3 is 10.0 Å². The first-order valence-corrected chi connectivity index (χ1v) is 9.26. The fourth-order valence-corrected chi connectivity index (χ4v) is 4.08. The Hall–Kier alpha value is -3.24. The Morgan fingerprint density at radius 1 is 0.929 bits per heavy atom. The highest BCUT2D eigenvalue weighted by Gasteiger charge is 2.56. The van der Waals surface area contributed by atoms with Crippen LogP contribution >= 0.6 is 0 Å². The maximum Gasteiger partial charge on any atom is 0.265 e. The van der Waals surface area contributed by atoms with Gasteiger partial charge in [-0.1, -0.05) is 78.9 Å². The molecule has 0 unspecified atom stereocenters. The molecule has 0 saturated carbocycles. The van der Waals surface area contributed by atoms with E-state index < -0.39 is 17.4 Å². The molecule has 0 aliphatic carbocycles. The third kappa shape index (κ3) is 2.83. The number of carbonyl (C=O) groups is 2. The van der Waals surface area contributed by atoms with Gasteiger partial charge >= 0.3 is 0 Å². The van der Waals surface area contributed by atoms with Gasteiger partial charge in [-0.2, -0.15) is 0 Å². The molecule has 140 valence electrons. The topological polar surface area (TPSA) is 57.6 Å². The number of carbonyl (C=O) groups excluding carboxylic acids is 2. The zero-order valence-corrected chi connectivity index (χ0v) is 15.6. The van der Waals surface area contributed by atoms with Crippen molar-refractivity contribution in [1.82, 2.24) is 0 Å². The second-order valence-corrected chi connectivity index (χ2v) is 7.11. The van der Waals surface area contributed by atoms with Gasteiger partial charge in [-0.05, 0) is 24.1 Å². The molecule has 0 spiro atoms. The number of fused-ring (bicyclic) bond motifs is 1. The maximum absolute atomic E-state index is 13.5. The van der Waals surface area contributed by atoms with Crippen LogP contribution in [-0.2, 0) is 21.7 Å². The lowest BCUT2D eigenvalue weighted by Crippen LogP contribution is -2.46. The predicted octanol–water partition coefficient (Wildman–Crippen LogP) is 3.79. The molecule has 1 aliphatic heterocycles. The molecule has 0 fully saturated rings. The molecule has 1 aliphatic rings. The van der Waals surface area contributed by atoms with Gasteiger partial charge in [-0.25, -0.2) is 0 Å². The Balaban J connectivity index is 1.85. The number of Topliss-reactive ketones (excluding diaryl/α,β-unsaturated/α-hetero) is 1. The number of nitrogens with zero attached hydrogens (tertiary/aromatic N) is 1. The molecule has 3 aromatic rings. The highest BCUT2D eigenvalue weighted by atomic mass is 16.3. The van der Waals surface area contributed by atoms with Gasteiger partial charge in [0.1, 0.15) is 5.78 Å². The van der Waals surface area contributed by atoms with Crippen molar-refractivity contribution in [2.45, 2.75) is 25.0 Å². The van der Waals surface area contributed by atoms with E-state index in [4.69, 9.17) is 0 Å². The van der Waals surface area contributed by atoms with E-state index in [-0.39, 0.29) is 5.78 Å². The zero-order chi connectivity index (χ0) is 19.7. The third-order valence-corrected chi connectivity index (χ3v) is 5.32. The summed E-state index contributed by atoms with van der Waals surface area (Å²) in [6.45, 7) is 1.75. The van der Waals surface area contributed by atoms with Crippen LogP contribution in [0.15, 0.2) is 84.9 Å². The Labute approximate surface area is 164 Å². The first-order valence-electron chi connectivity index (χ1n) is 9.26. The number of anilines is 1. The van der Waals surface area contributed by atoms with Crippen LogP contribution in [0.2, 0.25) is 0 Å². The highest BCUT2D eigenvalue weighted by molar-refractivity contribution is 6.10. The predicted molar refractivity (Wildman–Crippen MR) is 108 cm³/mol. The number of para-hydroxylation sites is 1. The van der Waals surface area contributed by atoms with Crippen LogP contribution in [0.1, 0.15) is 29.5 Å². The fraction of sp³-hybridized carbons (Fsp3) is 0.167. The molecule has 1 heterocycles. The second-order valence-electron chi connectivity index (χ2n) is 7.11. The molecule has 0 saturated heterocycles. The smallest absolute Gasteiger partial charge is 0.265 e. The summed E-state index contributed by atoms with van der Waals surface area (Å²) < 4.78 is 0. The van der Waals surface area contributed by atoms with E-state index in [2.05, 4.69) is 0 Å².